The number of hydrogen-bond acceptors (Lipinski definition) is 4. The summed E-state index contributed by atoms with van der Waals surface area (Å²) in [4.78, 5) is 15.8. The summed E-state index contributed by atoms with van der Waals surface area (Å²) in [6, 6.07) is 7.73. The number of nitrogens with zero attached hydrogens (tertiary/aromatic N) is 3. The Bertz CT molecular complexity index is 596. The predicted molar refractivity (Wildman–Crippen MR) is 83.4 cm³/mol. The Morgan fingerprint density at radius 2 is 2.18 bits per heavy atom. The van der Waals surface area contributed by atoms with Gasteiger partial charge in [0, 0.05) is 6.42 Å². The molecule has 6 heteroatoms. The lowest BCUT2D eigenvalue weighted by Gasteiger charge is -2.16. The third kappa shape index (κ3) is 4.87. The van der Waals surface area contributed by atoms with Gasteiger partial charge in [-0.25, -0.2) is 4.98 Å². The monoisotopic (exact) mass is 302 g/mol. The molecule has 1 aromatic carbocycles. The highest BCUT2D eigenvalue weighted by Crippen LogP contribution is 2.20. The van der Waals surface area contributed by atoms with Crippen LogP contribution in [0.3, 0.4) is 0 Å². The number of benzene rings is 1. The average Bonchev–Trinajstić information content (AvgIpc) is 2.98. The quantitative estimate of drug-likeness (QED) is 0.852. The van der Waals surface area contributed by atoms with E-state index in [1.807, 2.05) is 45.0 Å². The van der Waals surface area contributed by atoms with Gasteiger partial charge in [-0.05, 0) is 38.5 Å². The lowest BCUT2D eigenvalue weighted by molar-refractivity contribution is -0.122. The molecule has 1 amide bonds. The molecular formula is C16H22N4O2. The van der Waals surface area contributed by atoms with Gasteiger partial charge in [-0.15, -0.1) is 0 Å². The van der Waals surface area contributed by atoms with Crippen LogP contribution in [0.15, 0.2) is 36.9 Å². The number of aromatic nitrogens is 3. The van der Waals surface area contributed by atoms with Gasteiger partial charge >= 0.3 is 0 Å². The molecule has 0 aliphatic rings. The summed E-state index contributed by atoms with van der Waals surface area (Å²) in [7, 11) is 0. The molecular weight excluding hydrogens is 280 g/mol. The van der Waals surface area contributed by atoms with Crippen molar-refractivity contribution in [1.29, 1.82) is 0 Å². The zero-order valence-electron chi connectivity index (χ0n) is 13.2. The van der Waals surface area contributed by atoms with Gasteiger partial charge in [-0.1, -0.05) is 12.1 Å². The number of hydrogen-bond donors (Lipinski definition) is 1. The van der Waals surface area contributed by atoms with E-state index in [9.17, 15) is 4.79 Å². The number of carbonyl (C=O) groups excluding carboxylic acids is 1. The molecule has 0 unspecified atom stereocenters. The number of rotatable bonds is 7. The Balaban J connectivity index is 1.88. The van der Waals surface area contributed by atoms with Crippen molar-refractivity contribution < 1.29 is 9.53 Å². The molecule has 0 saturated carbocycles. The Morgan fingerprint density at radius 1 is 1.36 bits per heavy atom. The lowest BCUT2D eigenvalue weighted by Crippen LogP contribution is -2.27. The molecule has 0 saturated heterocycles. The fraction of sp³-hybridized carbons (Fsp3) is 0.438. The summed E-state index contributed by atoms with van der Waals surface area (Å²) in [6.07, 6.45) is 3.56. The van der Waals surface area contributed by atoms with E-state index in [-0.39, 0.29) is 18.1 Å². The standard InChI is InChI=1S/C16H22N4O2/c1-12(2)22-15-6-4-5-14(9-15)13(3)19-16(21)7-8-20-11-17-10-18-20/h4-6,9-13H,7-8H2,1-3H3,(H,19,21)/t13-/m1/s1. The van der Waals surface area contributed by atoms with Crippen molar-refractivity contribution in [2.75, 3.05) is 0 Å². The molecule has 0 aliphatic heterocycles. The Labute approximate surface area is 130 Å². The molecule has 0 radical (unpaired) electrons. The van der Waals surface area contributed by atoms with Crippen LogP contribution in [0.4, 0.5) is 0 Å². The largest absolute Gasteiger partial charge is 0.491 e. The first-order chi connectivity index (χ1) is 10.5. The van der Waals surface area contributed by atoms with E-state index < -0.39 is 0 Å². The summed E-state index contributed by atoms with van der Waals surface area (Å²) in [6.45, 7) is 6.46. The highest BCUT2D eigenvalue weighted by molar-refractivity contribution is 5.76. The second-order valence-electron chi connectivity index (χ2n) is 5.44. The van der Waals surface area contributed by atoms with Crippen molar-refractivity contribution >= 4 is 5.91 Å². The fourth-order valence-corrected chi connectivity index (χ4v) is 2.09. The molecule has 2 rings (SSSR count). The minimum Gasteiger partial charge on any atom is -0.491 e. The maximum absolute atomic E-state index is 12.0. The normalized spacial score (nSPS) is 12.2. The van der Waals surface area contributed by atoms with E-state index in [0.717, 1.165) is 11.3 Å². The summed E-state index contributed by atoms with van der Waals surface area (Å²) < 4.78 is 7.32. The number of aryl methyl sites for hydroxylation is 1. The van der Waals surface area contributed by atoms with Gasteiger partial charge in [0.2, 0.25) is 5.91 Å². The summed E-state index contributed by atoms with van der Waals surface area (Å²) in [5.74, 6) is 0.800. The van der Waals surface area contributed by atoms with Crippen molar-refractivity contribution in [2.24, 2.45) is 0 Å². The minimum atomic E-state index is -0.0704. The van der Waals surface area contributed by atoms with Gasteiger partial charge in [-0.3, -0.25) is 9.48 Å². The zero-order valence-corrected chi connectivity index (χ0v) is 13.2. The summed E-state index contributed by atoms with van der Waals surface area (Å²) in [5.41, 5.74) is 1.02. The molecule has 118 valence electrons. The van der Waals surface area contributed by atoms with Crippen LogP contribution in [-0.2, 0) is 11.3 Å². The maximum atomic E-state index is 12.0. The molecule has 2 aromatic rings. The smallest absolute Gasteiger partial charge is 0.222 e. The van der Waals surface area contributed by atoms with E-state index in [2.05, 4.69) is 15.4 Å². The third-order valence-corrected chi connectivity index (χ3v) is 3.14. The number of carbonyl (C=O) groups is 1. The van der Waals surface area contributed by atoms with Crippen molar-refractivity contribution in [3.63, 3.8) is 0 Å². The van der Waals surface area contributed by atoms with Crippen LogP contribution in [-0.4, -0.2) is 26.8 Å². The van der Waals surface area contributed by atoms with Gasteiger partial charge in [0.15, 0.2) is 0 Å². The number of amides is 1. The van der Waals surface area contributed by atoms with Gasteiger partial charge in [0.25, 0.3) is 0 Å². The van der Waals surface area contributed by atoms with Crippen LogP contribution in [0.5, 0.6) is 5.75 Å². The molecule has 0 aliphatic carbocycles. The SMILES string of the molecule is CC(C)Oc1cccc([C@@H](C)NC(=O)CCn2cncn2)c1. The Morgan fingerprint density at radius 3 is 2.86 bits per heavy atom. The van der Waals surface area contributed by atoms with Crippen molar-refractivity contribution in [1.82, 2.24) is 20.1 Å². The Hall–Kier alpha value is -2.37. The first-order valence-corrected chi connectivity index (χ1v) is 7.43. The molecule has 1 N–H and O–H groups in total. The highest BCUT2D eigenvalue weighted by Gasteiger charge is 2.11. The molecule has 1 atom stereocenters. The van der Waals surface area contributed by atoms with Gasteiger partial charge in [-0.2, -0.15) is 5.10 Å². The Kier molecular flexibility index (Phi) is 5.52. The van der Waals surface area contributed by atoms with Gasteiger partial charge in [0.05, 0.1) is 18.7 Å². The second-order valence-corrected chi connectivity index (χ2v) is 5.44. The molecule has 0 bridgehead atoms. The summed E-state index contributed by atoms with van der Waals surface area (Å²) in [5, 5.41) is 6.96. The van der Waals surface area contributed by atoms with Crippen molar-refractivity contribution in [3.05, 3.63) is 42.5 Å². The van der Waals surface area contributed by atoms with Gasteiger partial charge in [0.1, 0.15) is 18.4 Å². The molecule has 1 aromatic heterocycles. The number of nitrogens with one attached hydrogen (secondary N) is 1. The van der Waals surface area contributed by atoms with Gasteiger partial charge < -0.3 is 10.1 Å². The van der Waals surface area contributed by atoms with E-state index >= 15 is 0 Å². The van der Waals surface area contributed by atoms with E-state index in [4.69, 9.17) is 4.74 Å². The van der Waals surface area contributed by atoms with Crippen LogP contribution in [0, 0.1) is 0 Å². The third-order valence-electron chi connectivity index (χ3n) is 3.14. The first-order valence-electron chi connectivity index (χ1n) is 7.43. The van der Waals surface area contributed by atoms with Crippen molar-refractivity contribution in [3.8, 4) is 5.75 Å². The maximum Gasteiger partial charge on any atom is 0.222 e. The van der Waals surface area contributed by atoms with Crippen LogP contribution < -0.4 is 10.1 Å². The first kappa shape index (κ1) is 16.0. The predicted octanol–water partition coefficient (Wildman–Crippen LogP) is 2.33. The van der Waals surface area contributed by atoms with Crippen LogP contribution in [0.1, 0.15) is 38.8 Å². The lowest BCUT2D eigenvalue weighted by atomic mass is 10.1. The fourth-order valence-electron chi connectivity index (χ4n) is 2.09. The molecule has 0 fully saturated rings. The van der Waals surface area contributed by atoms with Crippen LogP contribution in [0.2, 0.25) is 0 Å². The van der Waals surface area contributed by atoms with Crippen LogP contribution in [0.25, 0.3) is 0 Å². The van der Waals surface area contributed by atoms with E-state index in [1.54, 1.807) is 11.0 Å². The van der Waals surface area contributed by atoms with Crippen LogP contribution >= 0.6 is 0 Å². The number of ether oxygens (including phenoxy) is 1. The minimum absolute atomic E-state index is 0.0156. The van der Waals surface area contributed by atoms with E-state index in [0.29, 0.717) is 13.0 Å². The molecule has 22 heavy (non-hydrogen) atoms. The van der Waals surface area contributed by atoms with Crippen molar-refractivity contribution in [2.45, 2.75) is 45.9 Å². The molecule has 6 nitrogen and oxygen atoms in total. The second kappa shape index (κ2) is 7.59. The topological polar surface area (TPSA) is 69.0 Å². The van der Waals surface area contributed by atoms with E-state index in [1.165, 1.54) is 6.33 Å². The summed E-state index contributed by atoms with van der Waals surface area (Å²) >= 11 is 0. The highest BCUT2D eigenvalue weighted by atomic mass is 16.5. The zero-order chi connectivity index (χ0) is 15.9. The molecule has 1 heterocycles. The molecule has 0 spiro atoms. The average molecular weight is 302 g/mol.